The maximum atomic E-state index is 5.60. The lowest BCUT2D eigenvalue weighted by atomic mass is 9.97. The Morgan fingerprint density at radius 3 is 2.08 bits per heavy atom. The topological polar surface area (TPSA) is 26.0 Å². The second kappa shape index (κ2) is 3.72. The zero-order valence-corrected chi connectivity index (χ0v) is 8.09. The summed E-state index contributed by atoms with van der Waals surface area (Å²) >= 11 is 0. The van der Waals surface area contributed by atoms with Crippen molar-refractivity contribution in [1.29, 1.82) is 0 Å². The Hall–Kier alpha value is -0.820. The molecule has 1 heteroatoms. The number of aryl methyl sites for hydroxylation is 2. The lowest BCUT2D eigenvalue weighted by Crippen LogP contribution is -2.09. The van der Waals surface area contributed by atoms with Crippen LogP contribution < -0.4 is 5.73 Å². The summed E-state index contributed by atoms with van der Waals surface area (Å²) in [4.78, 5) is 0. The van der Waals surface area contributed by atoms with E-state index in [1.165, 1.54) is 16.7 Å². The number of benzene rings is 1. The van der Waals surface area contributed by atoms with Crippen molar-refractivity contribution in [3.63, 3.8) is 0 Å². The minimum atomic E-state index is 0.476. The second-order valence-electron chi connectivity index (χ2n) is 3.56. The van der Waals surface area contributed by atoms with Gasteiger partial charge in [0.15, 0.2) is 0 Å². The Morgan fingerprint density at radius 2 is 1.67 bits per heavy atom. The molecule has 1 aromatic carbocycles. The molecule has 0 spiro atoms. The van der Waals surface area contributed by atoms with E-state index < -0.39 is 0 Å². The predicted molar refractivity (Wildman–Crippen MR) is 53.4 cm³/mol. The molecule has 0 radical (unpaired) electrons. The highest BCUT2D eigenvalue weighted by Gasteiger charge is 2.03. The molecule has 0 aromatic heterocycles. The van der Waals surface area contributed by atoms with Crippen molar-refractivity contribution in [1.82, 2.24) is 0 Å². The first kappa shape index (κ1) is 9.27. The van der Waals surface area contributed by atoms with Gasteiger partial charge in [-0.05, 0) is 31.9 Å². The van der Waals surface area contributed by atoms with Gasteiger partial charge in [0.1, 0.15) is 0 Å². The van der Waals surface area contributed by atoms with Crippen molar-refractivity contribution < 1.29 is 0 Å². The van der Waals surface area contributed by atoms with Gasteiger partial charge in [-0.3, -0.25) is 0 Å². The maximum Gasteiger partial charge on any atom is -0.00109 e. The van der Waals surface area contributed by atoms with Gasteiger partial charge in [0.25, 0.3) is 0 Å². The van der Waals surface area contributed by atoms with E-state index >= 15 is 0 Å². The van der Waals surface area contributed by atoms with Crippen LogP contribution in [0.25, 0.3) is 0 Å². The number of hydrogen-bond acceptors (Lipinski definition) is 1. The van der Waals surface area contributed by atoms with Gasteiger partial charge in [0, 0.05) is 0 Å². The highest BCUT2D eigenvalue weighted by atomic mass is 14.5. The van der Waals surface area contributed by atoms with Crippen molar-refractivity contribution in [3.8, 4) is 0 Å². The first-order valence-electron chi connectivity index (χ1n) is 4.41. The van der Waals surface area contributed by atoms with Crippen LogP contribution in [-0.4, -0.2) is 6.54 Å². The molecule has 2 N–H and O–H groups in total. The van der Waals surface area contributed by atoms with Crippen LogP contribution in [0.4, 0.5) is 0 Å². The quantitative estimate of drug-likeness (QED) is 0.711. The predicted octanol–water partition coefficient (Wildman–Crippen LogP) is 2.37. The van der Waals surface area contributed by atoms with Crippen molar-refractivity contribution >= 4 is 0 Å². The lowest BCUT2D eigenvalue weighted by molar-refractivity contribution is 0.772. The summed E-state index contributed by atoms with van der Waals surface area (Å²) in [6.45, 7) is 7.14. The zero-order valence-electron chi connectivity index (χ0n) is 8.09. The van der Waals surface area contributed by atoms with Gasteiger partial charge in [0.05, 0.1) is 0 Å². The molecule has 0 aliphatic heterocycles. The first-order valence-corrected chi connectivity index (χ1v) is 4.41. The highest BCUT2D eigenvalue weighted by Crippen LogP contribution is 2.17. The van der Waals surface area contributed by atoms with E-state index in [1.54, 1.807) is 0 Å². The molecule has 1 rings (SSSR count). The number of rotatable bonds is 2. The second-order valence-corrected chi connectivity index (χ2v) is 3.56. The summed E-state index contributed by atoms with van der Waals surface area (Å²) in [5, 5.41) is 0. The fourth-order valence-corrected chi connectivity index (χ4v) is 1.43. The van der Waals surface area contributed by atoms with Gasteiger partial charge < -0.3 is 5.73 Å². The van der Waals surface area contributed by atoms with E-state index in [9.17, 15) is 0 Å². The van der Waals surface area contributed by atoms with E-state index in [-0.39, 0.29) is 0 Å². The minimum absolute atomic E-state index is 0.476. The average Bonchev–Trinajstić information content (AvgIpc) is 2.01. The molecule has 66 valence electrons. The Morgan fingerprint density at radius 1 is 1.17 bits per heavy atom. The average molecular weight is 163 g/mol. The summed E-state index contributed by atoms with van der Waals surface area (Å²) in [6.07, 6.45) is 0. The van der Waals surface area contributed by atoms with Crippen molar-refractivity contribution in [2.24, 2.45) is 5.73 Å². The van der Waals surface area contributed by atoms with Crippen LogP contribution >= 0.6 is 0 Å². The molecule has 0 fully saturated rings. The Bertz CT molecular complexity index is 245. The van der Waals surface area contributed by atoms with Gasteiger partial charge in [-0.2, -0.15) is 0 Å². The van der Waals surface area contributed by atoms with Gasteiger partial charge in [0.2, 0.25) is 0 Å². The summed E-state index contributed by atoms with van der Waals surface area (Å²) < 4.78 is 0. The highest BCUT2D eigenvalue weighted by molar-refractivity contribution is 5.30. The van der Waals surface area contributed by atoms with E-state index in [2.05, 4.69) is 39.0 Å². The third-order valence-electron chi connectivity index (χ3n) is 2.17. The molecule has 1 atom stereocenters. The summed E-state index contributed by atoms with van der Waals surface area (Å²) in [5.74, 6) is 0.476. The fourth-order valence-electron chi connectivity index (χ4n) is 1.43. The van der Waals surface area contributed by atoms with Gasteiger partial charge >= 0.3 is 0 Å². The molecule has 0 saturated carbocycles. The summed E-state index contributed by atoms with van der Waals surface area (Å²) in [5.41, 5.74) is 9.61. The molecule has 0 saturated heterocycles. The van der Waals surface area contributed by atoms with Crippen molar-refractivity contribution in [2.45, 2.75) is 26.7 Å². The van der Waals surface area contributed by atoms with E-state index in [0.717, 1.165) is 6.54 Å². The third-order valence-corrected chi connectivity index (χ3v) is 2.17. The molecule has 1 aromatic rings. The van der Waals surface area contributed by atoms with Crippen LogP contribution in [0, 0.1) is 13.8 Å². The zero-order chi connectivity index (χ0) is 9.14. The molecule has 0 heterocycles. The molecular formula is C11H17N. The number of hydrogen-bond donors (Lipinski definition) is 1. The van der Waals surface area contributed by atoms with E-state index in [0.29, 0.717) is 5.92 Å². The summed E-state index contributed by atoms with van der Waals surface area (Å²) in [7, 11) is 0. The Kier molecular flexibility index (Phi) is 2.88. The van der Waals surface area contributed by atoms with Crippen LogP contribution in [0.5, 0.6) is 0 Å². The molecule has 0 aliphatic rings. The molecule has 0 amide bonds. The van der Waals surface area contributed by atoms with E-state index in [1.807, 2.05) is 0 Å². The van der Waals surface area contributed by atoms with E-state index in [4.69, 9.17) is 5.73 Å². The maximum absolute atomic E-state index is 5.60. The van der Waals surface area contributed by atoms with Crippen molar-refractivity contribution in [2.75, 3.05) is 6.54 Å². The van der Waals surface area contributed by atoms with Crippen LogP contribution in [0.3, 0.4) is 0 Å². The molecule has 0 unspecified atom stereocenters. The van der Waals surface area contributed by atoms with Crippen LogP contribution in [-0.2, 0) is 0 Å². The van der Waals surface area contributed by atoms with Crippen LogP contribution in [0.15, 0.2) is 18.2 Å². The van der Waals surface area contributed by atoms with Gasteiger partial charge in [-0.25, -0.2) is 0 Å². The third kappa shape index (κ3) is 2.08. The molecule has 0 bridgehead atoms. The van der Waals surface area contributed by atoms with Gasteiger partial charge in [-0.1, -0.05) is 36.2 Å². The Labute approximate surface area is 74.6 Å². The molecule has 0 aliphatic carbocycles. The first-order chi connectivity index (χ1) is 5.63. The monoisotopic (exact) mass is 163 g/mol. The van der Waals surface area contributed by atoms with Crippen LogP contribution in [0.1, 0.15) is 29.5 Å². The van der Waals surface area contributed by atoms with Crippen molar-refractivity contribution in [3.05, 3.63) is 34.9 Å². The summed E-state index contributed by atoms with van der Waals surface area (Å²) in [6, 6.07) is 6.61. The standard InChI is InChI=1S/C11H17N/c1-8-4-9(2)6-11(5-8)10(3)7-12/h4-6,10H,7,12H2,1-3H3/t10-/m1/s1. The van der Waals surface area contributed by atoms with Crippen LogP contribution in [0.2, 0.25) is 0 Å². The smallest absolute Gasteiger partial charge is 0.00109 e. The Balaban J connectivity index is 3.00. The minimum Gasteiger partial charge on any atom is -0.330 e. The fraction of sp³-hybridized carbons (Fsp3) is 0.455. The molecular weight excluding hydrogens is 146 g/mol. The normalized spacial score (nSPS) is 13.0. The lowest BCUT2D eigenvalue weighted by Gasteiger charge is -2.10. The largest absolute Gasteiger partial charge is 0.330 e. The molecule has 12 heavy (non-hydrogen) atoms. The number of nitrogens with two attached hydrogens (primary N) is 1. The van der Waals surface area contributed by atoms with Gasteiger partial charge in [-0.15, -0.1) is 0 Å². The SMILES string of the molecule is Cc1cc(C)cc([C@H](C)CN)c1. The molecule has 1 nitrogen and oxygen atoms in total.